The summed E-state index contributed by atoms with van der Waals surface area (Å²) in [4.78, 5) is 11.8. The molecule has 0 atom stereocenters. The number of benzene rings is 1. The van der Waals surface area contributed by atoms with Crippen molar-refractivity contribution in [2.75, 3.05) is 18.0 Å². The minimum absolute atomic E-state index is 0.173. The molecule has 8 heteroatoms. The number of anilines is 1. The third-order valence-electron chi connectivity index (χ3n) is 4.45. The molecule has 0 aliphatic carbocycles. The summed E-state index contributed by atoms with van der Waals surface area (Å²) in [6, 6.07) is 7.75. The minimum atomic E-state index is -0.173. The van der Waals surface area contributed by atoms with Crippen LogP contribution in [0.25, 0.3) is 11.2 Å². The fourth-order valence-electron chi connectivity index (χ4n) is 2.92. The van der Waals surface area contributed by atoms with Crippen molar-refractivity contribution in [3.63, 3.8) is 0 Å². The molecule has 1 aliphatic heterocycles. The van der Waals surface area contributed by atoms with Gasteiger partial charge in [-0.25, -0.2) is 14.6 Å². The molecule has 0 radical (unpaired) electrons. The lowest BCUT2D eigenvalue weighted by molar-refractivity contribution is 0.540. The van der Waals surface area contributed by atoms with Gasteiger partial charge in [0.1, 0.15) is 5.82 Å². The topological polar surface area (TPSA) is 59.7 Å². The highest BCUT2D eigenvalue weighted by Crippen LogP contribution is 2.31. The van der Waals surface area contributed by atoms with Crippen LogP contribution in [-0.4, -0.2) is 43.3 Å². The normalized spacial score (nSPS) is 15.5. The van der Waals surface area contributed by atoms with Crippen LogP contribution >= 0.6 is 24.2 Å². The predicted octanol–water partition coefficient (Wildman–Crippen LogP) is 3.34. The zero-order valence-electron chi connectivity index (χ0n) is 15.0. The number of halogens is 1. The molecular weight excluding hydrogens is 368 g/mol. The highest BCUT2D eigenvalue weighted by Gasteiger charge is 2.30. The third-order valence-corrected chi connectivity index (χ3v) is 5.15. The fourth-order valence-corrected chi connectivity index (χ4v) is 3.51. The summed E-state index contributed by atoms with van der Waals surface area (Å²) < 4.78 is 1.80. The summed E-state index contributed by atoms with van der Waals surface area (Å²) >= 11 is 10.8. The molecule has 3 aromatic rings. The lowest BCUT2D eigenvalue weighted by Gasteiger charge is -2.37. The molecule has 2 aromatic heterocycles. The van der Waals surface area contributed by atoms with Crippen LogP contribution < -0.4 is 4.90 Å². The van der Waals surface area contributed by atoms with Crippen molar-refractivity contribution in [2.24, 2.45) is 0 Å². The Kier molecular flexibility index (Phi) is 4.31. The first kappa shape index (κ1) is 17.5. The van der Waals surface area contributed by atoms with Gasteiger partial charge in [0.25, 0.3) is 0 Å². The lowest BCUT2D eigenvalue weighted by Crippen LogP contribution is -2.48. The van der Waals surface area contributed by atoms with Gasteiger partial charge in [-0.1, -0.05) is 55.8 Å². The van der Waals surface area contributed by atoms with Gasteiger partial charge in [0.2, 0.25) is 0 Å². The zero-order chi connectivity index (χ0) is 18.5. The molecule has 6 nitrogen and oxygen atoms in total. The van der Waals surface area contributed by atoms with Gasteiger partial charge in [0.05, 0.1) is 6.54 Å². The lowest BCUT2D eigenvalue weighted by atomic mass is 9.95. The first-order chi connectivity index (χ1) is 12.3. The average molecular weight is 389 g/mol. The van der Waals surface area contributed by atoms with Crippen molar-refractivity contribution in [1.29, 1.82) is 0 Å². The van der Waals surface area contributed by atoms with Crippen LogP contribution in [0.3, 0.4) is 0 Å². The van der Waals surface area contributed by atoms with Crippen molar-refractivity contribution in [2.45, 2.75) is 38.0 Å². The summed E-state index contributed by atoms with van der Waals surface area (Å²) in [5, 5.41) is 9.79. The van der Waals surface area contributed by atoms with E-state index >= 15 is 0 Å². The molecule has 26 heavy (non-hydrogen) atoms. The van der Waals surface area contributed by atoms with Crippen molar-refractivity contribution >= 4 is 41.2 Å². The van der Waals surface area contributed by atoms with Crippen LogP contribution in [0.4, 0.5) is 5.82 Å². The number of rotatable bonds is 3. The van der Waals surface area contributed by atoms with E-state index in [2.05, 4.69) is 48.6 Å². The summed E-state index contributed by atoms with van der Waals surface area (Å²) in [6.07, 6.45) is 0. The molecule has 0 bridgehead atoms. The Morgan fingerprint density at radius 3 is 2.58 bits per heavy atom. The van der Waals surface area contributed by atoms with Crippen molar-refractivity contribution in [3.8, 4) is 0 Å². The predicted molar refractivity (Wildman–Crippen MR) is 107 cm³/mol. The van der Waals surface area contributed by atoms with Gasteiger partial charge in [-0.15, -0.1) is 5.10 Å². The van der Waals surface area contributed by atoms with Crippen molar-refractivity contribution in [3.05, 3.63) is 40.7 Å². The van der Waals surface area contributed by atoms with Crippen LogP contribution in [0.1, 0.15) is 32.2 Å². The summed E-state index contributed by atoms with van der Waals surface area (Å²) in [7, 11) is 0. The molecule has 0 amide bonds. The molecule has 1 saturated heterocycles. The molecule has 3 heterocycles. The van der Waals surface area contributed by atoms with Crippen LogP contribution in [-0.2, 0) is 12.0 Å². The molecule has 1 fully saturated rings. The van der Waals surface area contributed by atoms with E-state index in [1.54, 1.807) is 4.68 Å². The zero-order valence-corrected chi connectivity index (χ0v) is 16.7. The van der Waals surface area contributed by atoms with Crippen molar-refractivity contribution < 1.29 is 0 Å². The van der Waals surface area contributed by atoms with Gasteiger partial charge in [-0.05, 0) is 11.6 Å². The summed E-state index contributed by atoms with van der Waals surface area (Å²) in [6.45, 7) is 8.56. The highest BCUT2D eigenvalue weighted by molar-refractivity contribution is 7.81. The second kappa shape index (κ2) is 6.39. The second-order valence-corrected chi connectivity index (χ2v) is 8.83. The van der Waals surface area contributed by atoms with Crippen LogP contribution in [0, 0.1) is 0 Å². The van der Waals surface area contributed by atoms with Crippen molar-refractivity contribution in [1.82, 2.24) is 25.0 Å². The Morgan fingerprint density at radius 1 is 1.19 bits per heavy atom. The maximum absolute atomic E-state index is 6.31. The molecule has 1 aromatic carbocycles. The molecule has 0 unspecified atom stereocenters. The van der Waals surface area contributed by atoms with Gasteiger partial charge >= 0.3 is 0 Å². The second-order valence-electron chi connectivity index (χ2n) is 7.69. The van der Waals surface area contributed by atoms with E-state index in [9.17, 15) is 0 Å². The molecule has 4 rings (SSSR count). The number of thiol groups is 1. The third kappa shape index (κ3) is 3.14. The summed E-state index contributed by atoms with van der Waals surface area (Å²) in [5.74, 6) is 1.63. The fraction of sp³-hybridized carbons (Fsp3) is 0.444. The van der Waals surface area contributed by atoms with Crippen LogP contribution in [0.2, 0.25) is 5.02 Å². The minimum Gasteiger partial charge on any atom is -0.352 e. The van der Waals surface area contributed by atoms with Gasteiger partial charge in [0, 0.05) is 28.8 Å². The van der Waals surface area contributed by atoms with E-state index in [1.807, 2.05) is 24.3 Å². The first-order valence-corrected chi connectivity index (χ1v) is 9.50. The Bertz CT molecular complexity index is 958. The molecular formula is C18H21ClN6S. The largest absolute Gasteiger partial charge is 0.352 e. The van der Waals surface area contributed by atoms with Gasteiger partial charge < -0.3 is 4.90 Å². The quantitative estimate of drug-likeness (QED) is 0.697. The number of aromatic nitrogens is 5. The van der Waals surface area contributed by atoms with Crippen LogP contribution in [0.5, 0.6) is 0 Å². The van der Waals surface area contributed by atoms with E-state index in [-0.39, 0.29) is 5.41 Å². The maximum atomic E-state index is 6.31. The molecule has 0 N–H and O–H groups in total. The van der Waals surface area contributed by atoms with E-state index < -0.39 is 0 Å². The molecule has 0 spiro atoms. The monoisotopic (exact) mass is 388 g/mol. The van der Waals surface area contributed by atoms with E-state index in [0.29, 0.717) is 16.8 Å². The summed E-state index contributed by atoms with van der Waals surface area (Å²) in [5.41, 5.74) is 2.28. The van der Waals surface area contributed by atoms with E-state index in [4.69, 9.17) is 21.6 Å². The maximum Gasteiger partial charge on any atom is 0.184 e. The standard InChI is InChI=1S/C18H21ClN6S/c1-18(2,3)17-20-15(24-9-12(26)10-24)14-16(21-17)25(23-22-14)8-11-6-4-5-7-13(11)19/h4-7,12,26H,8-10H2,1-3H3. The van der Waals surface area contributed by atoms with Gasteiger partial charge in [-0.2, -0.15) is 12.6 Å². The number of hydrogen-bond acceptors (Lipinski definition) is 6. The molecule has 1 aliphatic rings. The van der Waals surface area contributed by atoms with E-state index in [0.717, 1.165) is 41.5 Å². The highest BCUT2D eigenvalue weighted by atomic mass is 35.5. The van der Waals surface area contributed by atoms with E-state index in [1.165, 1.54) is 0 Å². The van der Waals surface area contributed by atoms with Crippen LogP contribution in [0.15, 0.2) is 24.3 Å². The smallest absolute Gasteiger partial charge is 0.184 e. The average Bonchev–Trinajstić information content (AvgIpc) is 2.96. The Labute approximate surface area is 163 Å². The van der Waals surface area contributed by atoms with Gasteiger partial charge in [-0.3, -0.25) is 0 Å². The number of nitrogens with zero attached hydrogens (tertiary/aromatic N) is 6. The molecule has 136 valence electrons. The SMILES string of the molecule is CC(C)(C)c1nc(N2CC(S)C2)c2nnn(Cc3ccccc3Cl)c2n1. The Hall–Kier alpha value is -1.86. The Morgan fingerprint density at radius 2 is 1.92 bits per heavy atom. The number of hydrogen-bond donors (Lipinski definition) is 1. The van der Waals surface area contributed by atoms with Gasteiger partial charge in [0.15, 0.2) is 17.0 Å². The number of fused-ring (bicyclic) bond motifs is 1. The first-order valence-electron chi connectivity index (χ1n) is 8.61. The molecule has 0 saturated carbocycles. The Balaban J connectivity index is 1.83.